The summed E-state index contributed by atoms with van der Waals surface area (Å²) in [6.07, 6.45) is 1.02. The van der Waals surface area contributed by atoms with E-state index in [0.717, 1.165) is 23.3 Å². The average Bonchev–Trinajstić information content (AvgIpc) is 2.67. The number of methoxy groups -OCH3 is 1. The maximum Gasteiger partial charge on any atom is 0.222 e. The number of nitrogens with one attached hydrogen (secondary N) is 1. The minimum atomic E-state index is -0.0542. The van der Waals surface area contributed by atoms with Crippen molar-refractivity contribution in [3.63, 3.8) is 0 Å². The molecule has 0 heterocycles. The van der Waals surface area contributed by atoms with Crippen LogP contribution in [-0.2, 0) is 22.6 Å². The SMILES string of the molecule is COc1cccc(CCN(CCC(=O)NCc2ccccc2)C(C)=O)c1. The lowest BCUT2D eigenvalue weighted by Gasteiger charge is -2.21. The number of rotatable bonds is 9. The molecule has 1 N–H and O–H groups in total. The Kier molecular flexibility index (Phi) is 7.68. The summed E-state index contributed by atoms with van der Waals surface area (Å²) in [7, 11) is 1.63. The normalized spacial score (nSPS) is 10.2. The van der Waals surface area contributed by atoms with Crippen molar-refractivity contribution in [3.05, 3.63) is 65.7 Å². The van der Waals surface area contributed by atoms with E-state index < -0.39 is 0 Å². The third-order valence-corrected chi connectivity index (χ3v) is 4.19. The van der Waals surface area contributed by atoms with Crippen LogP contribution in [0, 0.1) is 0 Å². The third-order valence-electron chi connectivity index (χ3n) is 4.19. The predicted octanol–water partition coefficient (Wildman–Crippen LogP) is 2.79. The molecule has 2 amide bonds. The highest BCUT2D eigenvalue weighted by atomic mass is 16.5. The summed E-state index contributed by atoms with van der Waals surface area (Å²) < 4.78 is 5.22. The van der Waals surface area contributed by atoms with Crippen LogP contribution in [0.4, 0.5) is 0 Å². The Balaban J connectivity index is 1.78. The molecule has 2 aromatic rings. The van der Waals surface area contributed by atoms with Gasteiger partial charge in [0.15, 0.2) is 0 Å². The van der Waals surface area contributed by atoms with E-state index in [0.29, 0.717) is 26.1 Å². The monoisotopic (exact) mass is 354 g/mol. The highest BCUT2D eigenvalue weighted by Gasteiger charge is 2.11. The number of benzene rings is 2. The molecule has 0 radical (unpaired) electrons. The number of hydrogen-bond acceptors (Lipinski definition) is 3. The Bertz CT molecular complexity index is 716. The van der Waals surface area contributed by atoms with Crippen LogP contribution in [-0.4, -0.2) is 36.9 Å². The number of nitrogens with zero attached hydrogens (tertiary/aromatic N) is 1. The van der Waals surface area contributed by atoms with Crippen LogP contribution in [0.3, 0.4) is 0 Å². The van der Waals surface area contributed by atoms with Gasteiger partial charge in [0.05, 0.1) is 7.11 Å². The fourth-order valence-electron chi connectivity index (χ4n) is 2.64. The molecule has 0 aliphatic heterocycles. The zero-order valence-electron chi connectivity index (χ0n) is 15.4. The van der Waals surface area contributed by atoms with Crippen molar-refractivity contribution < 1.29 is 14.3 Å². The van der Waals surface area contributed by atoms with E-state index in [1.54, 1.807) is 12.0 Å². The van der Waals surface area contributed by atoms with Crippen LogP contribution in [0.25, 0.3) is 0 Å². The number of hydrogen-bond donors (Lipinski definition) is 1. The van der Waals surface area contributed by atoms with Crippen LogP contribution in [0.1, 0.15) is 24.5 Å². The van der Waals surface area contributed by atoms with Gasteiger partial charge < -0.3 is 15.0 Å². The van der Waals surface area contributed by atoms with Gasteiger partial charge in [0.2, 0.25) is 11.8 Å². The first-order chi connectivity index (χ1) is 12.6. The second-order valence-corrected chi connectivity index (χ2v) is 6.12. The molecule has 0 unspecified atom stereocenters. The molecule has 26 heavy (non-hydrogen) atoms. The topological polar surface area (TPSA) is 58.6 Å². The summed E-state index contributed by atoms with van der Waals surface area (Å²) in [4.78, 5) is 25.6. The van der Waals surface area contributed by atoms with Crippen molar-refractivity contribution in [1.82, 2.24) is 10.2 Å². The Labute approximate surface area is 155 Å². The lowest BCUT2D eigenvalue weighted by Crippen LogP contribution is -2.35. The summed E-state index contributed by atoms with van der Waals surface area (Å²) in [5.41, 5.74) is 2.16. The maximum absolute atomic E-state index is 12.0. The molecule has 0 aliphatic carbocycles. The smallest absolute Gasteiger partial charge is 0.222 e. The number of amides is 2. The zero-order valence-corrected chi connectivity index (χ0v) is 15.4. The van der Waals surface area contributed by atoms with E-state index in [4.69, 9.17) is 4.74 Å². The molecular formula is C21H26N2O3. The molecule has 0 aliphatic rings. The van der Waals surface area contributed by atoms with Gasteiger partial charge in [-0.2, -0.15) is 0 Å². The van der Waals surface area contributed by atoms with Crippen molar-refractivity contribution in [3.8, 4) is 5.75 Å². The van der Waals surface area contributed by atoms with Gasteiger partial charge in [0.1, 0.15) is 5.75 Å². The van der Waals surface area contributed by atoms with Crippen LogP contribution in [0.5, 0.6) is 5.75 Å². The first-order valence-electron chi connectivity index (χ1n) is 8.77. The van der Waals surface area contributed by atoms with E-state index in [1.807, 2.05) is 54.6 Å². The Morgan fingerprint density at radius 3 is 2.42 bits per heavy atom. The summed E-state index contributed by atoms with van der Waals surface area (Å²) in [5, 5.41) is 2.89. The quantitative estimate of drug-likeness (QED) is 0.753. The van der Waals surface area contributed by atoms with E-state index in [-0.39, 0.29) is 11.8 Å². The molecule has 5 heteroatoms. The van der Waals surface area contributed by atoms with Crippen LogP contribution < -0.4 is 10.1 Å². The molecule has 0 aromatic heterocycles. The molecule has 0 fully saturated rings. The maximum atomic E-state index is 12.0. The molecule has 2 rings (SSSR count). The van der Waals surface area contributed by atoms with E-state index in [9.17, 15) is 9.59 Å². The van der Waals surface area contributed by atoms with Crippen molar-refractivity contribution in [2.24, 2.45) is 0 Å². The van der Waals surface area contributed by atoms with Gasteiger partial charge >= 0.3 is 0 Å². The second kappa shape index (κ2) is 10.2. The largest absolute Gasteiger partial charge is 0.497 e. The lowest BCUT2D eigenvalue weighted by atomic mass is 10.1. The standard InChI is InChI=1S/C21H26N2O3/c1-17(24)23(13-11-18-9-6-10-20(15-18)26-2)14-12-21(25)22-16-19-7-4-3-5-8-19/h3-10,15H,11-14,16H2,1-2H3,(H,22,25). The van der Waals surface area contributed by atoms with Gasteiger partial charge in [0, 0.05) is 33.0 Å². The molecule has 2 aromatic carbocycles. The molecule has 0 saturated carbocycles. The van der Waals surface area contributed by atoms with Gasteiger partial charge in [-0.15, -0.1) is 0 Å². The Hall–Kier alpha value is -2.82. The van der Waals surface area contributed by atoms with Crippen molar-refractivity contribution in [2.45, 2.75) is 26.3 Å². The van der Waals surface area contributed by atoms with E-state index in [1.165, 1.54) is 6.92 Å². The van der Waals surface area contributed by atoms with Crippen molar-refractivity contribution in [1.29, 1.82) is 0 Å². The first kappa shape index (κ1) is 19.5. The van der Waals surface area contributed by atoms with Gasteiger partial charge in [-0.25, -0.2) is 0 Å². The van der Waals surface area contributed by atoms with Crippen molar-refractivity contribution >= 4 is 11.8 Å². The molecule has 0 saturated heterocycles. The molecular weight excluding hydrogens is 328 g/mol. The fourth-order valence-corrected chi connectivity index (χ4v) is 2.64. The summed E-state index contributed by atoms with van der Waals surface area (Å²) in [6, 6.07) is 17.6. The zero-order chi connectivity index (χ0) is 18.8. The Morgan fingerprint density at radius 2 is 1.73 bits per heavy atom. The minimum absolute atomic E-state index is 0.0243. The highest BCUT2D eigenvalue weighted by Crippen LogP contribution is 2.13. The van der Waals surface area contributed by atoms with Crippen LogP contribution in [0.15, 0.2) is 54.6 Å². The molecule has 0 bridgehead atoms. The van der Waals surface area contributed by atoms with Crippen molar-refractivity contribution in [2.75, 3.05) is 20.2 Å². The Morgan fingerprint density at radius 1 is 1.00 bits per heavy atom. The second-order valence-electron chi connectivity index (χ2n) is 6.12. The number of ether oxygens (including phenoxy) is 1. The lowest BCUT2D eigenvalue weighted by molar-refractivity contribution is -0.129. The number of carbonyl (C=O) groups excluding carboxylic acids is 2. The molecule has 0 atom stereocenters. The summed E-state index contributed by atoms with van der Waals surface area (Å²) in [5.74, 6) is 0.724. The van der Waals surface area contributed by atoms with Gasteiger partial charge in [-0.05, 0) is 29.7 Å². The summed E-state index contributed by atoms with van der Waals surface area (Å²) in [6.45, 7) is 3.03. The van der Waals surface area contributed by atoms with E-state index >= 15 is 0 Å². The van der Waals surface area contributed by atoms with Gasteiger partial charge in [-0.1, -0.05) is 42.5 Å². The molecule has 0 spiro atoms. The fraction of sp³-hybridized carbons (Fsp3) is 0.333. The summed E-state index contributed by atoms with van der Waals surface area (Å²) >= 11 is 0. The minimum Gasteiger partial charge on any atom is -0.497 e. The average molecular weight is 354 g/mol. The van der Waals surface area contributed by atoms with Gasteiger partial charge in [0.25, 0.3) is 0 Å². The molecule has 138 valence electrons. The van der Waals surface area contributed by atoms with Gasteiger partial charge in [-0.3, -0.25) is 9.59 Å². The first-order valence-corrected chi connectivity index (χ1v) is 8.77. The van der Waals surface area contributed by atoms with Crippen LogP contribution in [0.2, 0.25) is 0 Å². The molecule has 5 nitrogen and oxygen atoms in total. The highest BCUT2D eigenvalue weighted by molar-refractivity contribution is 5.78. The number of carbonyl (C=O) groups is 2. The predicted molar refractivity (Wildman–Crippen MR) is 102 cm³/mol. The van der Waals surface area contributed by atoms with Crippen LogP contribution >= 0.6 is 0 Å². The van der Waals surface area contributed by atoms with E-state index in [2.05, 4.69) is 5.32 Å². The third kappa shape index (κ3) is 6.59.